The molecule has 24 heavy (non-hydrogen) atoms. The summed E-state index contributed by atoms with van der Waals surface area (Å²) in [4.78, 5) is 11.9. The number of hydrogen-bond donors (Lipinski definition) is 1. The lowest BCUT2D eigenvalue weighted by molar-refractivity contribution is -0.123. The second-order valence-electron chi connectivity index (χ2n) is 5.57. The molecule has 0 spiro atoms. The second-order valence-corrected chi connectivity index (χ2v) is 6.42. The van der Waals surface area contributed by atoms with Crippen LogP contribution in [0.3, 0.4) is 0 Å². The van der Waals surface area contributed by atoms with E-state index in [1.807, 2.05) is 12.1 Å². The van der Waals surface area contributed by atoms with Crippen LogP contribution in [-0.4, -0.2) is 25.2 Å². The summed E-state index contributed by atoms with van der Waals surface area (Å²) in [7, 11) is 0. The van der Waals surface area contributed by atoms with Gasteiger partial charge in [-0.2, -0.15) is 0 Å². The SMILES string of the molecule is O=C(COc1ccc(Cl)cc1Cl)NCC1Cc2ccccc2CO1. The van der Waals surface area contributed by atoms with Crippen molar-refractivity contribution in [1.29, 1.82) is 0 Å². The fourth-order valence-electron chi connectivity index (χ4n) is 2.55. The number of amides is 1. The van der Waals surface area contributed by atoms with E-state index in [4.69, 9.17) is 32.7 Å². The molecular weight excluding hydrogens is 349 g/mol. The maximum Gasteiger partial charge on any atom is 0.258 e. The number of rotatable bonds is 5. The van der Waals surface area contributed by atoms with Gasteiger partial charge in [0.15, 0.2) is 6.61 Å². The van der Waals surface area contributed by atoms with E-state index in [1.165, 1.54) is 11.1 Å². The molecule has 2 aromatic carbocycles. The molecule has 6 heteroatoms. The lowest BCUT2D eigenvalue weighted by Crippen LogP contribution is -2.38. The van der Waals surface area contributed by atoms with Crippen molar-refractivity contribution in [2.75, 3.05) is 13.2 Å². The van der Waals surface area contributed by atoms with Crippen LogP contribution in [0.4, 0.5) is 0 Å². The standard InChI is InChI=1S/C18H17Cl2NO3/c19-14-5-6-17(16(20)8-14)24-11-18(22)21-9-15-7-12-3-1-2-4-13(12)10-23-15/h1-6,8,15H,7,9-11H2,(H,21,22). The smallest absolute Gasteiger partial charge is 0.258 e. The Morgan fingerprint density at radius 1 is 1.21 bits per heavy atom. The van der Waals surface area contributed by atoms with E-state index in [2.05, 4.69) is 17.4 Å². The normalized spacial score (nSPS) is 16.3. The van der Waals surface area contributed by atoms with Crippen molar-refractivity contribution < 1.29 is 14.3 Å². The van der Waals surface area contributed by atoms with Crippen LogP contribution in [0.2, 0.25) is 10.0 Å². The topological polar surface area (TPSA) is 47.6 Å². The first-order chi connectivity index (χ1) is 11.6. The molecule has 0 radical (unpaired) electrons. The molecule has 0 fully saturated rings. The van der Waals surface area contributed by atoms with Gasteiger partial charge in [0.25, 0.3) is 5.91 Å². The van der Waals surface area contributed by atoms with Crippen molar-refractivity contribution in [3.05, 3.63) is 63.6 Å². The number of carbonyl (C=O) groups excluding carboxylic acids is 1. The molecule has 0 saturated heterocycles. The highest BCUT2D eigenvalue weighted by atomic mass is 35.5. The summed E-state index contributed by atoms with van der Waals surface area (Å²) in [6.07, 6.45) is 0.767. The van der Waals surface area contributed by atoms with Crippen LogP contribution in [0.25, 0.3) is 0 Å². The summed E-state index contributed by atoms with van der Waals surface area (Å²) in [6.45, 7) is 0.920. The molecule has 0 saturated carbocycles. The molecule has 1 aliphatic heterocycles. The Bertz CT molecular complexity index is 736. The van der Waals surface area contributed by atoms with Crippen molar-refractivity contribution >= 4 is 29.1 Å². The number of carbonyl (C=O) groups is 1. The minimum atomic E-state index is -0.219. The Balaban J connectivity index is 1.45. The Labute approximate surface area is 150 Å². The minimum absolute atomic E-state index is 0.0250. The molecule has 126 valence electrons. The van der Waals surface area contributed by atoms with Crippen LogP contribution in [-0.2, 0) is 22.6 Å². The minimum Gasteiger partial charge on any atom is -0.482 e. The molecule has 1 N–H and O–H groups in total. The lowest BCUT2D eigenvalue weighted by atomic mass is 9.99. The highest BCUT2D eigenvalue weighted by molar-refractivity contribution is 6.35. The zero-order valence-corrected chi connectivity index (χ0v) is 14.4. The monoisotopic (exact) mass is 365 g/mol. The predicted molar refractivity (Wildman–Crippen MR) is 93.7 cm³/mol. The molecular formula is C18H17Cl2NO3. The lowest BCUT2D eigenvalue weighted by Gasteiger charge is -2.25. The molecule has 0 bridgehead atoms. The van der Waals surface area contributed by atoms with Crippen LogP contribution in [0.15, 0.2) is 42.5 Å². The van der Waals surface area contributed by atoms with Gasteiger partial charge in [-0.1, -0.05) is 47.5 Å². The van der Waals surface area contributed by atoms with Gasteiger partial charge in [0.2, 0.25) is 0 Å². The second kappa shape index (κ2) is 7.88. The number of hydrogen-bond acceptors (Lipinski definition) is 3. The first kappa shape index (κ1) is 17.1. The van der Waals surface area contributed by atoms with Gasteiger partial charge >= 0.3 is 0 Å². The molecule has 1 atom stereocenters. The van der Waals surface area contributed by atoms with Crippen molar-refractivity contribution in [1.82, 2.24) is 5.32 Å². The molecule has 3 rings (SSSR count). The van der Waals surface area contributed by atoms with Crippen LogP contribution in [0.1, 0.15) is 11.1 Å². The Morgan fingerprint density at radius 3 is 2.79 bits per heavy atom. The van der Waals surface area contributed by atoms with Gasteiger partial charge in [0.05, 0.1) is 17.7 Å². The summed E-state index contributed by atoms with van der Waals surface area (Å²) >= 11 is 11.8. The third kappa shape index (κ3) is 4.41. The Kier molecular flexibility index (Phi) is 5.61. The molecule has 1 heterocycles. The molecule has 1 amide bonds. The summed E-state index contributed by atoms with van der Waals surface area (Å²) in [5, 5.41) is 3.72. The van der Waals surface area contributed by atoms with Gasteiger partial charge in [-0.15, -0.1) is 0 Å². The van der Waals surface area contributed by atoms with Gasteiger partial charge in [-0.3, -0.25) is 4.79 Å². The average Bonchev–Trinajstić information content (AvgIpc) is 2.59. The molecule has 2 aromatic rings. The van der Waals surface area contributed by atoms with Crippen molar-refractivity contribution in [3.8, 4) is 5.75 Å². The van der Waals surface area contributed by atoms with Gasteiger partial charge in [0, 0.05) is 18.0 Å². The number of benzene rings is 2. The van der Waals surface area contributed by atoms with Gasteiger partial charge < -0.3 is 14.8 Å². The van der Waals surface area contributed by atoms with Crippen LogP contribution < -0.4 is 10.1 Å². The Hall–Kier alpha value is -1.75. The molecule has 4 nitrogen and oxygen atoms in total. The molecule has 1 unspecified atom stereocenters. The average molecular weight is 366 g/mol. The Morgan fingerprint density at radius 2 is 2.00 bits per heavy atom. The van der Waals surface area contributed by atoms with E-state index in [0.29, 0.717) is 28.9 Å². The zero-order valence-electron chi connectivity index (χ0n) is 12.9. The van der Waals surface area contributed by atoms with E-state index >= 15 is 0 Å². The number of ether oxygens (including phenoxy) is 2. The molecule has 1 aliphatic rings. The number of halogens is 2. The number of fused-ring (bicyclic) bond motifs is 1. The first-order valence-electron chi connectivity index (χ1n) is 7.65. The highest BCUT2D eigenvalue weighted by Crippen LogP contribution is 2.27. The van der Waals surface area contributed by atoms with Crippen LogP contribution in [0.5, 0.6) is 5.75 Å². The van der Waals surface area contributed by atoms with Crippen molar-refractivity contribution in [2.24, 2.45) is 0 Å². The van der Waals surface area contributed by atoms with E-state index in [1.54, 1.807) is 18.2 Å². The quantitative estimate of drug-likeness (QED) is 0.879. The van der Waals surface area contributed by atoms with Gasteiger partial charge in [0.1, 0.15) is 5.75 Å². The van der Waals surface area contributed by atoms with Crippen LogP contribution >= 0.6 is 23.2 Å². The predicted octanol–water partition coefficient (Wildman–Crippen LogP) is 3.63. The highest BCUT2D eigenvalue weighted by Gasteiger charge is 2.19. The first-order valence-corrected chi connectivity index (χ1v) is 8.40. The van der Waals surface area contributed by atoms with E-state index in [0.717, 1.165) is 6.42 Å². The molecule has 0 aliphatic carbocycles. The van der Waals surface area contributed by atoms with E-state index in [-0.39, 0.29) is 18.6 Å². The van der Waals surface area contributed by atoms with Gasteiger partial charge in [-0.25, -0.2) is 0 Å². The van der Waals surface area contributed by atoms with Crippen LogP contribution in [0, 0.1) is 0 Å². The summed E-state index contributed by atoms with van der Waals surface area (Å²) < 4.78 is 11.2. The van der Waals surface area contributed by atoms with E-state index < -0.39 is 0 Å². The van der Waals surface area contributed by atoms with Crippen molar-refractivity contribution in [3.63, 3.8) is 0 Å². The number of nitrogens with one attached hydrogen (secondary N) is 1. The maximum absolute atomic E-state index is 11.9. The maximum atomic E-state index is 11.9. The third-order valence-corrected chi connectivity index (χ3v) is 4.35. The largest absolute Gasteiger partial charge is 0.482 e. The summed E-state index contributed by atoms with van der Waals surface area (Å²) in [5.74, 6) is 0.211. The fraction of sp³-hybridized carbons (Fsp3) is 0.278. The summed E-state index contributed by atoms with van der Waals surface area (Å²) in [6, 6.07) is 13.1. The summed E-state index contributed by atoms with van der Waals surface area (Å²) in [5.41, 5.74) is 2.48. The molecule has 0 aromatic heterocycles. The van der Waals surface area contributed by atoms with Gasteiger partial charge in [-0.05, 0) is 29.3 Å². The zero-order chi connectivity index (χ0) is 16.9. The fourth-order valence-corrected chi connectivity index (χ4v) is 3.02. The van der Waals surface area contributed by atoms with E-state index in [9.17, 15) is 4.79 Å². The third-order valence-electron chi connectivity index (χ3n) is 3.82. The van der Waals surface area contributed by atoms with Crippen molar-refractivity contribution in [2.45, 2.75) is 19.1 Å².